The van der Waals surface area contributed by atoms with Crippen molar-refractivity contribution in [3.8, 4) is 0 Å². The Balaban J connectivity index is 1.73. The van der Waals surface area contributed by atoms with Crippen LogP contribution in [0.15, 0.2) is 17.1 Å². The Hall–Kier alpha value is -2.48. The number of pyridine rings is 1. The van der Waals surface area contributed by atoms with Crippen molar-refractivity contribution in [1.29, 1.82) is 0 Å². The van der Waals surface area contributed by atoms with Crippen molar-refractivity contribution in [3.63, 3.8) is 0 Å². The minimum absolute atomic E-state index is 0.0271. The average molecular weight is 403 g/mol. The van der Waals surface area contributed by atoms with Gasteiger partial charge >= 0.3 is 5.97 Å². The van der Waals surface area contributed by atoms with E-state index in [-0.39, 0.29) is 23.3 Å². The summed E-state index contributed by atoms with van der Waals surface area (Å²) in [5.74, 6) is -1.22. The number of aryl methyl sites for hydroxylation is 1. The van der Waals surface area contributed by atoms with Gasteiger partial charge in [-0.15, -0.1) is 0 Å². The molecule has 1 aromatic heterocycles. The highest BCUT2D eigenvalue weighted by atomic mass is 19.1. The Morgan fingerprint density at radius 1 is 1.41 bits per heavy atom. The monoisotopic (exact) mass is 403 g/mol. The number of benzene rings is 1. The molecule has 1 aromatic carbocycles. The first-order valence-corrected chi connectivity index (χ1v) is 9.91. The number of carbonyl (C=O) groups is 1. The summed E-state index contributed by atoms with van der Waals surface area (Å²) in [5, 5.41) is 9.35. The SMILES string of the molecule is Cc1c(N2C[C@H]3[C@@H](C)C[C@@]3(N)C2)c(F)cc2c(=O)c(C(=O)O)cn(C3C[C@@H]3F)c12. The van der Waals surface area contributed by atoms with Crippen molar-refractivity contribution in [2.24, 2.45) is 17.6 Å². The zero-order chi connectivity index (χ0) is 20.8. The Morgan fingerprint density at radius 2 is 2.10 bits per heavy atom. The van der Waals surface area contributed by atoms with E-state index < -0.39 is 35.0 Å². The number of halogens is 2. The largest absolute Gasteiger partial charge is 0.477 e. The molecule has 5 atom stereocenters. The van der Waals surface area contributed by atoms with E-state index >= 15 is 4.39 Å². The molecule has 0 amide bonds. The van der Waals surface area contributed by atoms with Crippen molar-refractivity contribution in [2.45, 2.75) is 44.4 Å². The molecular formula is C21H23F2N3O3. The van der Waals surface area contributed by atoms with Gasteiger partial charge < -0.3 is 20.3 Å². The fraction of sp³-hybridized carbons (Fsp3) is 0.524. The Labute approximate surface area is 165 Å². The molecule has 154 valence electrons. The minimum atomic E-state index is -1.40. The number of anilines is 1. The summed E-state index contributed by atoms with van der Waals surface area (Å²) in [7, 11) is 0. The van der Waals surface area contributed by atoms with Crippen molar-refractivity contribution in [2.75, 3.05) is 18.0 Å². The van der Waals surface area contributed by atoms with E-state index in [9.17, 15) is 19.1 Å². The van der Waals surface area contributed by atoms with E-state index in [1.165, 1.54) is 10.8 Å². The number of rotatable bonds is 3. The molecule has 2 aromatic rings. The second-order valence-corrected chi connectivity index (χ2v) is 9.03. The molecule has 1 aliphatic heterocycles. The van der Waals surface area contributed by atoms with Crippen LogP contribution in [0.5, 0.6) is 0 Å². The van der Waals surface area contributed by atoms with Crippen molar-refractivity contribution < 1.29 is 18.7 Å². The molecule has 3 N–H and O–H groups in total. The number of carboxylic acid groups (broad SMARTS) is 1. The van der Waals surface area contributed by atoms with Crippen molar-refractivity contribution >= 4 is 22.6 Å². The molecule has 2 heterocycles. The normalized spacial score (nSPS) is 32.9. The lowest BCUT2D eigenvalue weighted by molar-refractivity contribution is 0.0694. The maximum Gasteiger partial charge on any atom is 0.341 e. The molecule has 0 radical (unpaired) electrons. The zero-order valence-electron chi connectivity index (χ0n) is 16.3. The van der Waals surface area contributed by atoms with E-state index in [1.807, 2.05) is 4.90 Å². The molecule has 3 fully saturated rings. The third-order valence-electron chi connectivity index (χ3n) is 7.09. The van der Waals surface area contributed by atoms with E-state index in [1.54, 1.807) is 6.92 Å². The topological polar surface area (TPSA) is 88.6 Å². The van der Waals surface area contributed by atoms with E-state index in [0.717, 1.165) is 12.5 Å². The first-order valence-electron chi connectivity index (χ1n) is 9.91. The van der Waals surface area contributed by atoms with Crippen LogP contribution in [0, 0.1) is 24.6 Å². The van der Waals surface area contributed by atoms with Crippen LogP contribution < -0.4 is 16.1 Å². The van der Waals surface area contributed by atoms with Crippen LogP contribution in [0.4, 0.5) is 14.5 Å². The van der Waals surface area contributed by atoms with Gasteiger partial charge in [0.1, 0.15) is 17.6 Å². The average Bonchev–Trinajstić information content (AvgIpc) is 3.29. The number of nitrogens with zero attached hydrogens (tertiary/aromatic N) is 2. The maximum absolute atomic E-state index is 15.2. The summed E-state index contributed by atoms with van der Waals surface area (Å²) in [5.41, 5.74) is 6.22. The number of nitrogens with two attached hydrogens (primary N) is 1. The summed E-state index contributed by atoms with van der Waals surface area (Å²) in [6, 6.07) is 0.564. The van der Waals surface area contributed by atoms with Gasteiger partial charge in [0.05, 0.1) is 17.2 Å². The van der Waals surface area contributed by atoms with Gasteiger partial charge in [0.15, 0.2) is 0 Å². The summed E-state index contributed by atoms with van der Waals surface area (Å²) in [4.78, 5) is 26.1. The van der Waals surface area contributed by atoms with Crippen LogP contribution in [0.1, 0.15) is 41.7 Å². The number of aromatic nitrogens is 1. The molecule has 8 heteroatoms. The fourth-order valence-electron chi connectivity index (χ4n) is 5.58. The zero-order valence-corrected chi connectivity index (χ0v) is 16.3. The molecule has 5 rings (SSSR count). The van der Waals surface area contributed by atoms with Crippen molar-refractivity contribution in [3.05, 3.63) is 39.4 Å². The lowest BCUT2D eigenvalue weighted by Gasteiger charge is -2.46. The van der Waals surface area contributed by atoms with Gasteiger partial charge in [-0.3, -0.25) is 4.79 Å². The van der Waals surface area contributed by atoms with Gasteiger partial charge in [-0.2, -0.15) is 0 Å². The van der Waals surface area contributed by atoms with E-state index in [2.05, 4.69) is 6.92 Å². The summed E-state index contributed by atoms with van der Waals surface area (Å²) >= 11 is 0. The molecule has 2 aliphatic carbocycles. The number of hydrogen-bond donors (Lipinski definition) is 2. The highest BCUT2D eigenvalue weighted by Gasteiger charge is 2.55. The number of fused-ring (bicyclic) bond motifs is 2. The van der Waals surface area contributed by atoms with Crippen LogP contribution in [0.2, 0.25) is 0 Å². The van der Waals surface area contributed by atoms with Crippen LogP contribution in [-0.2, 0) is 0 Å². The number of aromatic carboxylic acids is 1. The molecule has 0 spiro atoms. The predicted octanol–water partition coefficient (Wildman–Crippen LogP) is 2.60. The molecule has 2 saturated carbocycles. The third kappa shape index (κ3) is 2.48. The van der Waals surface area contributed by atoms with Gasteiger partial charge in [0, 0.05) is 36.6 Å². The predicted molar refractivity (Wildman–Crippen MR) is 105 cm³/mol. The van der Waals surface area contributed by atoms with Gasteiger partial charge in [-0.25, -0.2) is 13.6 Å². The molecule has 29 heavy (non-hydrogen) atoms. The summed E-state index contributed by atoms with van der Waals surface area (Å²) < 4.78 is 30.6. The number of alkyl halides is 1. The first-order chi connectivity index (χ1) is 13.6. The molecule has 0 bridgehead atoms. The minimum Gasteiger partial charge on any atom is -0.477 e. The van der Waals surface area contributed by atoms with Gasteiger partial charge in [-0.05, 0) is 36.8 Å². The lowest BCUT2D eigenvalue weighted by atomic mass is 9.62. The standard InChI is InChI=1S/C21H23F2N3O3/c1-9-5-21(24)8-25(7-13(9)21)18-10(2)17-11(3-15(18)23)19(27)12(20(28)29)6-26(17)16-4-14(16)22/h3,6,9,13-14,16H,4-5,7-8,24H2,1-2H3,(H,28,29)/t9-,13-,14-,16?,21+/m0/s1. The van der Waals surface area contributed by atoms with Crippen LogP contribution >= 0.6 is 0 Å². The molecule has 3 aliphatic rings. The van der Waals surface area contributed by atoms with Gasteiger partial charge in [-0.1, -0.05) is 6.92 Å². The molecule has 6 nitrogen and oxygen atoms in total. The van der Waals surface area contributed by atoms with E-state index in [0.29, 0.717) is 35.8 Å². The molecular weight excluding hydrogens is 380 g/mol. The fourth-order valence-corrected chi connectivity index (χ4v) is 5.58. The Bertz CT molecular complexity index is 1130. The van der Waals surface area contributed by atoms with Gasteiger partial charge in [0.2, 0.25) is 5.43 Å². The van der Waals surface area contributed by atoms with Gasteiger partial charge in [0.25, 0.3) is 0 Å². The van der Waals surface area contributed by atoms with Crippen LogP contribution in [0.25, 0.3) is 10.9 Å². The van der Waals surface area contributed by atoms with Crippen LogP contribution in [-0.4, -0.2) is 40.4 Å². The molecule has 1 saturated heterocycles. The molecule has 1 unspecified atom stereocenters. The highest BCUT2D eigenvalue weighted by Crippen LogP contribution is 2.49. The third-order valence-corrected chi connectivity index (χ3v) is 7.09. The summed E-state index contributed by atoms with van der Waals surface area (Å²) in [6.45, 7) is 5.01. The first kappa shape index (κ1) is 18.5. The Kier molecular flexibility index (Phi) is 3.70. The maximum atomic E-state index is 15.2. The highest BCUT2D eigenvalue weighted by molar-refractivity contribution is 5.95. The van der Waals surface area contributed by atoms with Crippen LogP contribution in [0.3, 0.4) is 0 Å². The Morgan fingerprint density at radius 3 is 2.66 bits per heavy atom. The number of hydrogen-bond acceptors (Lipinski definition) is 4. The quantitative estimate of drug-likeness (QED) is 0.823. The second kappa shape index (κ2) is 5.78. The number of carboxylic acids is 1. The summed E-state index contributed by atoms with van der Waals surface area (Å²) in [6.07, 6.45) is 1.23. The smallest absolute Gasteiger partial charge is 0.341 e. The second-order valence-electron chi connectivity index (χ2n) is 9.03. The van der Waals surface area contributed by atoms with Crippen molar-refractivity contribution in [1.82, 2.24) is 4.57 Å². The van der Waals surface area contributed by atoms with E-state index in [4.69, 9.17) is 5.73 Å². The lowest BCUT2D eigenvalue weighted by Crippen LogP contribution is -2.59.